The van der Waals surface area contributed by atoms with Crippen LogP contribution in [0.5, 0.6) is 0 Å². The fourth-order valence-corrected chi connectivity index (χ4v) is 2.99. The zero-order valence-electron chi connectivity index (χ0n) is 12.0. The fraction of sp³-hybridized carbons (Fsp3) is 0.533. The number of nitrogens with zero attached hydrogens (tertiary/aromatic N) is 1. The summed E-state index contributed by atoms with van der Waals surface area (Å²) in [6.07, 6.45) is 3.62. The lowest BCUT2D eigenvalue weighted by Crippen LogP contribution is -2.42. The molecule has 1 fully saturated rings. The van der Waals surface area contributed by atoms with Crippen LogP contribution in [0, 0.1) is 5.82 Å². The minimum Gasteiger partial charge on any atom is -0.389 e. The summed E-state index contributed by atoms with van der Waals surface area (Å²) >= 11 is 5.86. The van der Waals surface area contributed by atoms with Gasteiger partial charge in [-0.25, -0.2) is 4.39 Å². The van der Waals surface area contributed by atoms with Crippen LogP contribution in [-0.4, -0.2) is 41.7 Å². The summed E-state index contributed by atoms with van der Waals surface area (Å²) in [6.45, 7) is 0.619. The van der Waals surface area contributed by atoms with Crippen molar-refractivity contribution in [3.05, 3.63) is 29.0 Å². The summed E-state index contributed by atoms with van der Waals surface area (Å²) in [5.41, 5.74) is -0.293. The summed E-state index contributed by atoms with van der Waals surface area (Å²) in [5.74, 6) is -0.689. The predicted molar refractivity (Wildman–Crippen MR) is 81.0 cm³/mol. The first kappa shape index (κ1) is 16.2. The summed E-state index contributed by atoms with van der Waals surface area (Å²) < 4.78 is 12.9. The summed E-state index contributed by atoms with van der Waals surface area (Å²) in [7, 11) is 1.79. The molecule has 1 amide bonds. The molecule has 0 aliphatic heterocycles. The molecule has 2 rings (SSSR count). The quantitative estimate of drug-likeness (QED) is 0.878. The molecule has 1 saturated carbocycles. The topological polar surface area (TPSA) is 52.6 Å². The van der Waals surface area contributed by atoms with Crippen molar-refractivity contribution in [3.8, 4) is 0 Å². The Bertz CT molecular complexity index is 518. The number of carbonyl (C=O) groups is 1. The second-order valence-corrected chi connectivity index (χ2v) is 6.18. The highest BCUT2D eigenvalue weighted by Crippen LogP contribution is 2.29. The van der Waals surface area contributed by atoms with Gasteiger partial charge in [0.25, 0.3) is 0 Å². The van der Waals surface area contributed by atoms with E-state index in [9.17, 15) is 14.3 Å². The first-order valence-electron chi connectivity index (χ1n) is 7.04. The molecule has 21 heavy (non-hydrogen) atoms. The Kier molecular flexibility index (Phi) is 5.19. The molecular formula is C15H20ClFN2O2. The number of anilines is 1. The minimum absolute atomic E-state index is 0.149. The van der Waals surface area contributed by atoms with E-state index in [1.165, 1.54) is 12.1 Å². The van der Waals surface area contributed by atoms with E-state index in [-0.39, 0.29) is 17.5 Å². The highest BCUT2D eigenvalue weighted by atomic mass is 35.5. The number of benzene rings is 1. The highest BCUT2D eigenvalue weighted by Gasteiger charge is 2.32. The molecular weight excluding hydrogens is 295 g/mol. The normalized spacial score (nSPS) is 17.2. The van der Waals surface area contributed by atoms with Crippen LogP contribution in [0.25, 0.3) is 0 Å². The molecule has 0 radical (unpaired) electrons. The molecule has 0 aromatic heterocycles. The van der Waals surface area contributed by atoms with E-state index < -0.39 is 11.4 Å². The van der Waals surface area contributed by atoms with Crippen LogP contribution in [0.15, 0.2) is 18.2 Å². The molecule has 0 spiro atoms. The Morgan fingerprint density at radius 2 is 2.14 bits per heavy atom. The van der Waals surface area contributed by atoms with Crippen molar-refractivity contribution < 1.29 is 14.3 Å². The molecule has 1 aromatic carbocycles. The zero-order valence-corrected chi connectivity index (χ0v) is 12.8. The smallest absolute Gasteiger partial charge is 0.238 e. The summed E-state index contributed by atoms with van der Waals surface area (Å²) in [6, 6.07) is 3.83. The maximum atomic E-state index is 12.9. The van der Waals surface area contributed by atoms with Crippen molar-refractivity contribution in [3.63, 3.8) is 0 Å². The Hall–Kier alpha value is -1.17. The second kappa shape index (κ2) is 6.73. The van der Waals surface area contributed by atoms with Gasteiger partial charge in [-0.2, -0.15) is 0 Å². The van der Waals surface area contributed by atoms with Crippen LogP contribution in [0.3, 0.4) is 0 Å². The fourth-order valence-electron chi connectivity index (χ4n) is 2.78. The number of aliphatic hydroxyl groups is 1. The molecule has 116 valence electrons. The van der Waals surface area contributed by atoms with Crippen LogP contribution in [0.2, 0.25) is 5.02 Å². The molecule has 4 nitrogen and oxygen atoms in total. The summed E-state index contributed by atoms with van der Waals surface area (Å²) in [5, 5.41) is 13.1. The van der Waals surface area contributed by atoms with Crippen molar-refractivity contribution in [2.24, 2.45) is 0 Å². The first-order chi connectivity index (χ1) is 9.88. The monoisotopic (exact) mass is 314 g/mol. The van der Waals surface area contributed by atoms with Crippen molar-refractivity contribution in [2.75, 3.05) is 25.5 Å². The maximum absolute atomic E-state index is 12.9. The Labute approximate surface area is 128 Å². The van der Waals surface area contributed by atoms with Crippen molar-refractivity contribution >= 4 is 23.2 Å². The standard InChI is InChI=1S/C15H20ClFN2O2/c1-19(10-15(21)6-2-3-7-15)9-14(20)18-13-5-4-11(17)8-12(13)16/h4-5,8,21H,2-3,6-7,9-10H2,1H3,(H,18,20). The SMILES string of the molecule is CN(CC(=O)Nc1ccc(F)cc1Cl)CC1(O)CCCC1. The van der Waals surface area contributed by atoms with E-state index in [0.29, 0.717) is 12.2 Å². The van der Waals surface area contributed by atoms with Crippen LogP contribution in [0.4, 0.5) is 10.1 Å². The molecule has 0 bridgehead atoms. The van der Waals surface area contributed by atoms with Crippen molar-refractivity contribution in [1.82, 2.24) is 4.90 Å². The third-order valence-electron chi connectivity index (χ3n) is 3.72. The van der Waals surface area contributed by atoms with Gasteiger partial charge < -0.3 is 10.4 Å². The van der Waals surface area contributed by atoms with Crippen molar-refractivity contribution in [2.45, 2.75) is 31.3 Å². The molecule has 6 heteroatoms. The predicted octanol–water partition coefficient (Wildman–Crippen LogP) is 2.65. The van der Waals surface area contributed by atoms with Crippen LogP contribution in [-0.2, 0) is 4.79 Å². The lowest BCUT2D eigenvalue weighted by atomic mass is 10.0. The van der Waals surface area contributed by atoms with E-state index in [0.717, 1.165) is 31.7 Å². The number of hydrogen-bond donors (Lipinski definition) is 2. The molecule has 1 aliphatic rings. The van der Waals surface area contributed by atoms with Gasteiger partial charge in [-0.3, -0.25) is 9.69 Å². The lowest BCUT2D eigenvalue weighted by molar-refractivity contribution is -0.117. The Balaban J connectivity index is 1.86. The van der Waals surface area contributed by atoms with Gasteiger partial charge in [0, 0.05) is 6.54 Å². The van der Waals surface area contributed by atoms with Gasteiger partial charge in [0.15, 0.2) is 0 Å². The third-order valence-corrected chi connectivity index (χ3v) is 4.03. The van der Waals surface area contributed by atoms with Gasteiger partial charge in [-0.15, -0.1) is 0 Å². The van der Waals surface area contributed by atoms with Gasteiger partial charge in [0.2, 0.25) is 5.91 Å². The number of carbonyl (C=O) groups excluding carboxylic acids is 1. The van der Waals surface area contributed by atoms with E-state index in [1.807, 2.05) is 0 Å². The van der Waals surface area contributed by atoms with E-state index >= 15 is 0 Å². The maximum Gasteiger partial charge on any atom is 0.238 e. The number of rotatable bonds is 5. The van der Waals surface area contributed by atoms with Gasteiger partial charge in [0.05, 0.1) is 22.9 Å². The zero-order chi connectivity index (χ0) is 15.5. The average molecular weight is 315 g/mol. The van der Waals surface area contributed by atoms with Crippen LogP contribution < -0.4 is 5.32 Å². The second-order valence-electron chi connectivity index (χ2n) is 5.78. The molecule has 0 saturated heterocycles. The first-order valence-corrected chi connectivity index (χ1v) is 7.42. The van der Waals surface area contributed by atoms with E-state index in [1.54, 1.807) is 11.9 Å². The number of halogens is 2. The third kappa shape index (κ3) is 4.66. The molecule has 1 aromatic rings. The number of likely N-dealkylation sites (N-methyl/N-ethyl adjacent to an activating group) is 1. The van der Waals surface area contributed by atoms with Gasteiger partial charge in [-0.05, 0) is 38.1 Å². The molecule has 0 heterocycles. The lowest BCUT2D eigenvalue weighted by Gasteiger charge is -2.28. The van der Waals surface area contributed by atoms with Gasteiger partial charge >= 0.3 is 0 Å². The van der Waals surface area contributed by atoms with Crippen molar-refractivity contribution in [1.29, 1.82) is 0 Å². The number of hydrogen-bond acceptors (Lipinski definition) is 3. The average Bonchev–Trinajstić information content (AvgIpc) is 2.78. The highest BCUT2D eigenvalue weighted by molar-refractivity contribution is 6.33. The minimum atomic E-state index is -0.678. The van der Waals surface area contributed by atoms with E-state index in [4.69, 9.17) is 11.6 Å². The van der Waals surface area contributed by atoms with E-state index in [2.05, 4.69) is 5.32 Å². The Morgan fingerprint density at radius 1 is 1.48 bits per heavy atom. The molecule has 1 aliphatic carbocycles. The van der Waals surface area contributed by atoms with Crippen LogP contribution >= 0.6 is 11.6 Å². The summed E-state index contributed by atoms with van der Waals surface area (Å²) in [4.78, 5) is 13.7. The Morgan fingerprint density at radius 3 is 2.76 bits per heavy atom. The van der Waals surface area contributed by atoms with Crippen LogP contribution in [0.1, 0.15) is 25.7 Å². The van der Waals surface area contributed by atoms with Gasteiger partial charge in [0.1, 0.15) is 5.82 Å². The molecule has 2 N–H and O–H groups in total. The number of amides is 1. The molecule has 0 unspecified atom stereocenters. The molecule has 0 atom stereocenters. The van der Waals surface area contributed by atoms with Gasteiger partial charge in [-0.1, -0.05) is 24.4 Å². The number of nitrogens with one attached hydrogen (secondary N) is 1. The largest absolute Gasteiger partial charge is 0.389 e.